The molecule has 1 aliphatic carbocycles. The molecule has 0 bridgehead atoms. The van der Waals surface area contributed by atoms with Crippen LogP contribution in [-0.2, 0) is 7.05 Å². The van der Waals surface area contributed by atoms with Gasteiger partial charge in [-0.15, -0.1) is 0 Å². The molecule has 2 aromatic heterocycles. The summed E-state index contributed by atoms with van der Waals surface area (Å²) in [5.74, 6) is 1.54. The van der Waals surface area contributed by atoms with Gasteiger partial charge >= 0.3 is 0 Å². The predicted octanol–water partition coefficient (Wildman–Crippen LogP) is 5.77. The third kappa shape index (κ3) is 3.60. The Labute approximate surface area is 184 Å². The van der Waals surface area contributed by atoms with Crippen molar-refractivity contribution >= 4 is 10.9 Å². The highest BCUT2D eigenvalue weighted by Gasteiger charge is 2.21. The fraction of sp³-hybridized carbons (Fsp3) is 0.333. The van der Waals surface area contributed by atoms with Crippen LogP contribution in [-0.4, -0.2) is 15.0 Å². The van der Waals surface area contributed by atoms with Crippen LogP contribution in [0.2, 0.25) is 0 Å². The highest BCUT2D eigenvalue weighted by molar-refractivity contribution is 5.94. The highest BCUT2D eigenvalue weighted by atomic mass is 15.0. The monoisotopic (exact) mass is 409 g/mol. The number of aryl methyl sites for hydroxylation is 3. The van der Waals surface area contributed by atoms with E-state index in [2.05, 4.69) is 67.7 Å². The van der Waals surface area contributed by atoms with Gasteiger partial charge in [0.2, 0.25) is 0 Å². The Balaban J connectivity index is 1.64. The highest BCUT2D eigenvalue weighted by Crippen LogP contribution is 2.34. The summed E-state index contributed by atoms with van der Waals surface area (Å²) < 4.78 is 2.13. The van der Waals surface area contributed by atoms with E-state index in [1.807, 2.05) is 18.7 Å². The molecular weight excluding hydrogens is 380 g/mol. The van der Waals surface area contributed by atoms with Gasteiger partial charge < -0.3 is 0 Å². The number of aromatic nitrogens is 4. The standard InChI is InChI=1S/C27H29N4/c1-17-11-18(2)19(3)23(12-17)26-24-13-21(9-10-25(24)30-16-31(26)4)22-14-28-27(29-15-22)20-7-5-6-8-20/h9-16,20H,5-8H2,1-4H3/q+1. The molecule has 0 saturated heterocycles. The maximum atomic E-state index is 4.72. The Morgan fingerprint density at radius 1 is 0.871 bits per heavy atom. The molecule has 1 saturated carbocycles. The van der Waals surface area contributed by atoms with Gasteiger partial charge in [0.1, 0.15) is 11.5 Å². The Kier molecular flexibility index (Phi) is 5.01. The van der Waals surface area contributed by atoms with Crippen LogP contribution in [0.5, 0.6) is 0 Å². The maximum Gasteiger partial charge on any atom is 0.287 e. The van der Waals surface area contributed by atoms with Crippen LogP contribution >= 0.6 is 0 Å². The minimum absolute atomic E-state index is 0.535. The van der Waals surface area contributed by atoms with Crippen LogP contribution in [0.1, 0.15) is 54.1 Å². The van der Waals surface area contributed by atoms with Gasteiger partial charge in [-0.3, -0.25) is 0 Å². The van der Waals surface area contributed by atoms with Gasteiger partial charge in [0.15, 0.2) is 5.52 Å². The normalized spacial score (nSPS) is 14.5. The van der Waals surface area contributed by atoms with Crippen molar-refractivity contribution in [2.45, 2.75) is 52.4 Å². The van der Waals surface area contributed by atoms with Crippen LogP contribution in [0.25, 0.3) is 33.3 Å². The number of hydrogen-bond donors (Lipinski definition) is 0. The summed E-state index contributed by atoms with van der Waals surface area (Å²) in [6.45, 7) is 6.55. The molecule has 31 heavy (non-hydrogen) atoms. The van der Waals surface area contributed by atoms with Crippen molar-refractivity contribution in [3.05, 3.63) is 71.6 Å². The second kappa shape index (κ2) is 7.84. The molecule has 1 fully saturated rings. The number of nitrogens with zero attached hydrogens (tertiary/aromatic N) is 4. The van der Waals surface area contributed by atoms with Gasteiger partial charge in [0.25, 0.3) is 6.33 Å². The molecule has 0 radical (unpaired) electrons. The first-order valence-electron chi connectivity index (χ1n) is 11.2. The van der Waals surface area contributed by atoms with Crippen LogP contribution < -0.4 is 4.57 Å². The lowest BCUT2D eigenvalue weighted by Crippen LogP contribution is -2.32. The van der Waals surface area contributed by atoms with Crippen LogP contribution in [0.4, 0.5) is 0 Å². The molecule has 0 N–H and O–H groups in total. The minimum atomic E-state index is 0.535. The third-order valence-corrected chi connectivity index (χ3v) is 6.77. The SMILES string of the molecule is Cc1cc(C)c(C)c(-c2c3cc(-c4cnc(C5CCCC5)nc4)ccc3nc[n+]2C)c1. The summed E-state index contributed by atoms with van der Waals surface area (Å²) in [6.07, 6.45) is 10.9. The molecule has 0 aliphatic heterocycles. The van der Waals surface area contributed by atoms with Crippen molar-refractivity contribution in [2.75, 3.05) is 0 Å². The van der Waals surface area contributed by atoms with Crippen LogP contribution in [0.3, 0.4) is 0 Å². The summed E-state index contributed by atoms with van der Waals surface area (Å²) in [6, 6.07) is 11.0. The van der Waals surface area contributed by atoms with Gasteiger partial charge in [-0.25, -0.2) is 14.5 Å². The van der Waals surface area contributed by atoms with Gasteiger partial charge in [-0.1, -0.05) is 24.5 Å². The Hall–Kier alpha value is -3.14. The summed E-state index contributed by atoms with van der Waals surface area (Å²) in [5.41, 5.74) is 9.53. The predicted molar refractivity (Wildman–Crippen MR) is 125 cm³/mol. The molecule has 0 unspecified atom stereocenters. The molecule has 156 valence electrons. The van der Waals surface area contributed by atoms with Gasteiger partial charge in [0, 0.05) is 29.4 Å². The quantitative estimate of drug-likeness (QED) is 0.404. The van der Waals surface area contributed by atoms with Gasteiger partial charge in [-0.05, 0) is 79.6 Å². The zero-order valence-corrected chi connectivity index (χ0v) is 18.8. The lowest BCUT2D eigenvalue weighted by Gasteiger charge is -2.13. The van der Waals surface area contributed by atoms with Crippen molar-refractivity contribution in [3.8, 4) is 22.4 Å². The second-order valence-electron chi connectivity index (χ2n) is 9.00. The van der Waals surface area contributed by atoms with E-state index in [0.29, 0.717) is 5.92 Å². The number of fused-ring (bicyclic) bond motifs is 1. The van der Waals surface area contributed by atoms with Crippen LogP contribution in [0, 0.1) is 20.8 Å². The molecule has 5 rings (SSSR count). The van der Waals surface area contributed by atoms with E-state index in [4.69, 9.17) is 9.97 Å². The topological polar surface area (TPSA) is 42.6 Å². The number of rotatable bonds is 3. The minimum Gasteiger partial charge on any atom is -0.240 e. The van der Waals surface area contributed by atoms with E-state index < -0.39 is 0 Å². The maximum absolute atomic E-state index is 4.72. The molecule has 2 aromatic carbocycles. The zero-order valence-electron chi connectivity index (χ0n) is 18.8. The molecule has 2 heterocycles. The fourth-order valence-corrected chi connectivity index (χ4v) is 4.92. The molecule has 0 atom stereocenters. The summed E-state index contributed by atoms with van der Waals surface area (Å²) in [5, 5.41) is 1.15. The lowest BCUT2D eigenvalue weighted by atomic mass is 9.94. The number of benzene rings is 2. The number of hydrogen-bond acceptors (Lipinski definition) is 3. The van der Waals surface area contributed by atoms with Crippen LogP contribution in [0.15, 0.2) is 49.1 Å². The first-order chi connectivity index (χ1) is 15.0. The smallest absolute Gasteiger partial charge is 0.240 e. The van der Waals surface area contributed by atoms with Crippen molar-refractivity contribution < 1.29 is 4.57 Å². The lowest BCUT2D eigenvalue weighted by molar-refractivity contribution is -0.662. The molecule has 1 aliphatic rings. The van der Waals surface area contributed by atoms with E-state index in [9.17, 15) is 0 Å². The first-order valence-corrected chi connectivity index (χ1v) is 11.2. The Morgan fingerprint density at radius 2 is 1.61 bits per heavy atom. The second-order valence-corrected chi connectivity index (χ2v) is 9.00. The molecule has 4 aromatic rings. The van der Waals surface area contributed by atoms with Crippen molar-refractivity contribution in [3.63, 3.8) is 0 Å². The van der Waals surface area contributed by atoms with Crippen molar-refractivity contribution in [1.82, 2.24) is 15.0 Å². The van der Waals surface area contributed by atoms with Gasteiger partial charge in [-0.2, -0.15) is 0 Å². The molecule has 0 spiro atoms. The molecule has 0 amide bonds. The van der Waals surface area contributed by atoms with E-state index in [-0.39, 0.29) is 0 Å². The van der Waals surface area contributed by atoms with E-state index in [1.54, 1.807) is 0 Å². The van der Waals surface area contributed by atoms with E-state index in [1.165, 1.54) is 53.6 Å². The molecular formula is C27H29N4+. The van der Waals surface area contributed by atoms with Gasteiger partial charge in [0.05, 0.1) is 12.4 Å². The average molecular weight is 410 g/mol. The fourth-order valence-electron chi connectivity index (χ4n) is 4.92. The Morgan fingerprint density at radius 3 is 2.35 bits per heavy atom. The van der Waals surface area contributed by atoms with Crippen molar-refractivity contribution in [1.29, 1.82) is 0 Å². The third-order valence-electron chi connectivity index (χ3n) is 6.77. The summed E-state index contributed by atoms with van der Waals surface area (Å²) in [4.78, 5) is 14.1. The van der Waals surface area contributed by atoms with E-state index >= 15 is 0 Å². The molecule has 4 heteroatoms. The Bertz CT molecular complexity index is 1270. The largest absolute Gasteiger partial charge is 0.287 e. The molecule has 4 nitrogen and oxygen atoms in total. The summed E-state index contributed by atoms with van der Waals surface area (Å²) >= 11 is 0. The van der Waals surface area contributed by atoms with E-state index in [0.717, 1.165) is 27.9 Å². The zero-order chi connectivity index (χ0) is 21.5. The average Bonchev–Trinajstić information content (AvgIpc) is 3.31. The van der Waals surface area contributed by atoms with Crippen molar-refractivity contribution in [2.24, 2.45) is 7.05 Å². The summed E-state index contributed by atoms with van der Waals surface area (Å²) in [7, 11) is 2.07. The first kappa shape index (κ1) is 19.8.